The standard InChI is InChI=1S/C15H17BrN2O/c1-2-8-17-15-10-14(7-9-18-15)19-11-12-3-5-13(16)6-4-12/h3-7,9-10H,2,8,11H2,1H3,(H,17,18). The summed E-state index contributed by atoms with van der Waals surface area (Å²) < 4.78 is 6.83. The predicted octanol–water partition coefficient (Wildman–Crippen LogP) is 4.25. The quantitative estimate of drug-likeness (QED) is 0.864. The fraction of sp³-hybridized carbons (Fsp3) is 0.267. The van der Waals surface area contributed by atoms with Crippen molar-refractivity contribution in [1.29, 1.82) is 0 Å². The molecule has 0 saturated carbocycles. The monoisotopic (exact) mass is 320 g/mol. The van der Waals surface area contributed by atoms with Gasteiger partial charge in [-0.05, 0) is 30.2 Å². The lowest BCUT2D eigenvalue weighted by Crippen LogP contribution is -2.02. The molecule has 100 valence electrons. The van der Waals surface area contributed by atoms with Crippen molar-refractivity contribution in [2.24, 2.45) is 0 Å². The number of hydrogen-bond acceptors (Lipinski definition) is 3. The molecule has 19 heavy (non-hydrogen) atoms. The molecule has 4 heteroatoms. The highest BCUT2D eigenvalue weighted by atomic mass is 79.9. The summed E-state index contributed by atoms with van der Waals surface area (Å²) in [6.07, 6.45) is 2.83. The summed E-state index contributed by atoms with van der Waals surface area (Å²) in [6.45, 7) is 3.61. The third-order valence-corrected chi connectivity index (χ3v) is 3.13. The molecule has 1 heterocycles. The molecule has 3 nitrogen and oxygen atoms in total. The van der Waals surface area contributed by atoms with Gasteiger partial charge in [0.15, 0.2) is 0 Å². The minimum Gasteiger partial charge on any atom is -0.489 e. The Morgan fingerprint density at radius 1 is 1.21 bits per heavy atom. The van der Waals surface area contributed by atoms with E-state index < -0.39 is 0 Å². The molecule has 1 aromatic heterocycles. The van der Waals surface area contributed by atoms with Crippen molar-refractivity contribution in [3.8, 4) is 5.75 Å². The van der Waals surface area contributed by atoms with Crippen molar-refractivity contribution in [2.45, 2.75) is 20.0 Å². The van der Waals surface area contributed by atoms with Gasteiger partial charge < -0.3 is 10.1 Å². The van der Waals surface area contributed by atoms with Crippen LogP contribution in [0.3, 0.4) is 0 Å². The van der Waals surface area contributed by atoms with Crippen molar-refractivity contribution in [3.63, 3.8) is 0 Å². The number of ether oxygens (including phenoxy) is 1. The van der Waals surface area contributed by atoms with E-state index in [4.69, 9.17) is 4.74 Å². The van der Waals surface area contributed by atoms with E-state index in [1.54, 1.807) is 6.20 Å². The van der Waals surface area contributed by atoms with Gasteiger partial charge in [-0.1, -0.05) is 35.0 Å². The van der Waals surface area contributed by atoms with Gasteiger partial charge in [0.25, 0.3) is 0 Å². The Morgan fingerprint density at radius 2 is 2.00 bits per heavy atom. The van der Waals surface area contributed by atoms with E-state index >= 15 is 0 Å². The fourth-order valence-corrected chi connectivity index (χ4v) is 1.86. The van der Waals surface area contributed by atoms with Gasteiger partial charge in [0.05, 0.1) is 0 Å². The smallest absolute Gasteiger partial charge is 0.129 e. The van der Waals surface area contributed by atoms with Gasteiger partial charge >= 0.3 is 0 Å². The van der Waals surface area contributed by atoms with E-state index in [0.29, 0.717) is 6.61 Å². The van der Waals surface area contributed by atoms with Gasteiger partial charge in [0.1, 0.15) is 18.2 Å². The highest BCUT2D eigenvalue weighted by Gasteiger charge is 1.99. The summed E-state index contributed by atoms with van der Waals surface area (Å²) in [5.74, 6) is 1.69. The van der Waals surface area contributed by atoms with Crippen LogP contribution in [0.4, 0.5) is 5.82 Å². The highest BCUT2D eigenvalue weighted by Crippen LogP contribution is 2.17. The van der Waals surface area contributed by atoms with E-state index in [1.165, 1.54) is 0 Å². The number of pyridine rings is 1. The van der Waals surface area contributed by atoms with Gasteiger partial charge in [-0.15, -0.1) is 0 Å². The molecule has 0 fully saturated rings. The Kier molecular flexibility index (Phi) is 5.21. The molecule has 1 N–H and O–H groups in total. The molecule has 2 aromatic rings. The molecular weight excluding hydrogens is 304 g/mol. The molecule has 1 aromatic carbocycles. The maximum atomic E-state index is 5.76. The van der Waals surface area contributed by atoms with Crippen LogP contribution in [-0.2, 0) is 6.61 Å². The van der Waals surface area contributed by atoms with Gasteiger partial charge in [0.2, 0.25) is 0 Å². The maximum Gasteiger partial charge on any atom is 0.129 e. The molecule has 0 aliphatic heterocycles. The van der Waals surface area contributed by atoms with Crippen molar-refractivity contribution >= 4 is 21.7 Å². The highest BCUT2D eigenvalue weighted by molar-refractivity contribution is 9.10. The summed E-state index contributed by atoms with van der Waals surface area (Å²) in [6, 6.07) is 11.9. The Labute approximate surface area is 122 Å². The van der Waals surface area contributed by atoms with Crippen molar-refractivity contribution in [3.05, 3.63) is 52.6 Å². The van der Waals surface area contributed by atoms with Crippen LogP contribution in [0.5, 0.6) is 5.75 Å². The van der Waals surface area contributed by atoms with Crippen LogP contribution in [0.15, 0.2) is 47.1 Å². The molecule has 0 bridgehead atoms. The molecule has 0 spiro atoms. The summed E-state index contributed by atoms with van der Waals surface area (Å²) in [5.41, 5.74) is 1.14. The Balaban J connectivity index is 1.93. The second-order valence-corrected chi connectivity index (χ2v) is 5.13. The number of benzene rings is 1. The molecule has 0 aliphatic rings. The Bertz CT molecular complexity index is 514. The predicted molar refractivity (Wildman–Crippen MR) is 81.5 cm³/mol. The van der Waals surface area contributed by atoms with Crippen LogP contribution >= 0.6 is 15.9 Å². The van der Waals surface area contributed by atoms with E-state index in [0.717, 1.165) is 34.6 Å². The maximum absolute atomic E-state index is 5.76. The molecule has 0 unspecified atom stereocenters. The lowest BCUT2D eigenvalue weighted by atomic mass is 10.2. The lowest BCUT2D eigenvalue weighted by Gasteiger charge is -2.08. The van der Waals surface area contributed by atoms with Crippen molar-refractivity contribution in [1.82, 2.24) is 4.98 Å². The number of halogens is 1. The summed E-state index contributed by atoms with van der Waals surface area (Å²) in [4.78, 5) is 4.25. The Hall–Kier alpha value is -1.55. The second-order valence-electron chi connectivity index (χ2n) is 4.22. The number of rotatable bonds is 6. The van der Waals surface area contributed by atoms with Crippen molar-refractivity contribution < 1.29 is 4.74 Å². The molecule has 0 amide bonds. The molecular formula is C15H17BrN2O. The molecule has 0 aliphatic carbocycles. The number of anilines is 1. The van der Waals surface area contributed by atoms with Gasteiger partial charge in [-0.25, -0.2) is 4.98 Å². The van der Waals surface area contributed by atoms with E-state index in [2.05, 4.69) is 33.2 Å². The molecule has 0 atom stereocenters. The first-order valence-electron chi connectivity index (χ1n) is 6.35. The largest absolute Gasteiger partial charge is 0.489 e. The molecule has 0 radical (unpaired) electrons. The zero-order valence-corrected chi connectivity index (χ0v) is 12.5. The van der Waals surface area contributed by atoms with E-state index in [9.17, 15) is 0 Å². The number of hydrogen-bond donors (Lipinski definition) is 1. The van der Waals surface area contributed by atoms with E-state index in [1.807, 2.05) is 36.4 Å². The van der Waals surface area contributed by atoms with E-state index in [-0.39, 0.29) is 0 Å². The zero-order chi connectivity index (χ0) is 13.5. The van der Waals surface area contributed by atoms with Gasteiger partial charge in [-0.3, -0.25) is 0 Å². The minimum absolute atomic E-state index is 0.560. The van der Waals surface area contributed by atoms with Gasteiger partial charge in [0, 0.05) is 23.3 Å². The average molecular weight is 321 g/mol. The lowest BCUT2D eigenvalue weighted by molar-refractivity contribution is 0.306. The van der Waals surface area contributed by atoms with Gasteiger partial charge in [-0.2, -0.15) is 0 Å². The first-order valence-corrected chi connectivity index (χ1v) is 7.14. The average Bonchev–Trinajstić information content (AvgIpc) is 2.45. The van der Waals surface area contributed by atoms with Crippen molar-refractivity contribution in [2.75, 3.05) is 11.9 Å². The first kappa shape index (κ1) is 13.9. The van der Waals surface area contributed by atoms with Crippen LogP contribution in [-0.4, -0.2) is 11.5 Å². The topological polar surface area (TPSA) is 34.1 Å². The van der Waals surface area contributed by atoms with Crippen LogP contribution < -0.4 is 10.1 Å². The van der Waals surface area contributed by atoms with Crippen LogP contribution in [0.2, 0.25) is 0 Å². The number of nitrogens with zero attached hydrogens (tertiary/aromatic N) is 1. The Morgan fingerprint density at radius 3 is 2.74 bits per heavy atom. The third-order valence-electron chi connectivity index (χ3n) is 2.61. The van der Waals surface area contributed by atoms with Crippen LogP contribution in [0, 0.1) is 0 Å². The first-order chi connectivity index (χ1) is 9.28. The zero-order valence-electron chi connectivity index (χ0n) is 10.9. The number of aromatic nitrogens is 1. The molecule has 0 saturated heterocycles. The fourth-order valence-electron chi connectivity index (χ4n) is 1.60. The summed E-state index contributed by atoms with van der Waals surface area (Å²) >= 11 is 3.42. The second kappa shape index (κ2) is 7.14. The normalized spacial score (nSPS) is 10.2. The SMILES string of the molecule is CCCNc1cc(OCc2ccc(Br)cc2)ccn1. The molecule has 2 rings (SSSR count). The van der Waals surface area contributed by atoms with Crippen LogP contribution in [0.25, 0.3) is 0 Å². The summed E-state index contributed by atoms with van der Waals surface area (Å²) in [5, 5.41) is 3.24. The minimum atomic E-state index is 0.560. The third kappa shape index (κ3) is 4.56. The summed E-state index contributed by atoms with van der Waals surface area (Å²) in [7, 11) is 0. The number of nitrogens with one attached hydrogen (secondary N) is 1. The van der Waals surface area contributed by atoms with Crippen LogP contribution in [0.1, 0.15) is 18.9 Å².